The van der Waals surface area contributed by atoms with E-state index in [9.17, 15) is 0 Å². The molecule has 0 bridgehead atoms. The molecule has 0 aliphatic carbocycles. The Morgan fingerprint density at radius 1 is 1.30 bits per heavy atom. The second kappa shape index (κ2) is 11.1. The van der Waals surface area contributed by atoms with Crippen LogP contribution in [0.5, 0.6) is 5.75 Å². The maximum Gasteiger partial charge on any atom is 0.193 e. The van der Waals surface area contributed by atoms with Crippen molar-refractivity contribution in [2.24, 2.45) is 10.4 Å². The van der Waals surface area contributed by atoms with E-state index in [2.05, 4.69) is 15.2 Å². The number of guanidine groups is 1. The normalized spacial score (nSPS) is 22.1. The van der Waals surface area contributed by atoms with E-state index in [-0.39, 0.29) is 24.0 Å². The van der Waals surface area contributed by atoms with Crippen LogP contribution >= 0.6 is 24.0 Å². The van der Waals surface area contributed by atoms with Crippen LogP contribution in [-0.2, 0) is 16.1 Å². The minimum atomic E-state index is 0. The molecular weight excluding hydrogens is 457 g/mol. The van der Waals surface area contributed by atoms with Gasteiger partial charge in [-0.15, -0.1) is 24.0 Å². The standard InChI is InChI=1S/C20H31N3O3.HI/c1-21-19(23-11-8-20(15-23)9-13-26-16-20)22-10-3-12-25-14-17-4-6-18(24-2)7-5-17;/h4-7H,3,8-16H2,1-2H3,(H,21,22);1H. The zero-order valence-corrected chi connectivity index (χ0v) is 18.7. The highest BCUT2D eigenvalue weighted by molar-refractivity contribution is 14.0. The van der Waals surface area contributed by atoms with Crippen LogP contribution < -0.4 is 10.1 Å². The third kappa shape index (κ3) is 6.22. The van der Waals surface area contributed by atoms with Gasteiger partial charge in [0.25, 0.3) is 0 Å². The summed E-state index contributed by atoms with van der Waals surface area (Å²) in [6.45, 7) is 6.17. The first-order valence-corrected chi connectivity index (χ1v) is 9.49. The average Bonchev–Trinajstić information content (AvgIpc) is 3.31. The van der Waals surface area contributed by atoms with Crippen LogP contribution in [0.1, 0.15) is 24.8 Å². The van der Waals surface area contributed by atoms with Crippen molar-refractivity contribution in [1.82, 2.24) is 10.2 Å². The van der Waals surface area contributed by atoms with Crippen LogP contribution in [0, 0.1) is 5.41 Å². The summed E-state index contributed by atoms with van der Waals surface area (Å²) in [5.41, 5.74) is 1.52. The van der Waals surface area contributed by atoms with Gasteiger partial charge in [0.2, 0.25) is 0 Å². The van der Waals surface area contributed by atoms with Crippen LogP contribution in [0.4, 0.5) is 0 Å². The lowest BCUT2D eigenvalue weighted by Gasteiger charge is -2.24. The molecule has 1 aromatic rings. The predicted molar refractivity (Wildman–Crippen MR) is 118 cm³/mol. The maximum absolute atomic E-state index is 5.76. The van der Waals surface area contributed by atoms with Gasteiger partial charge in [-0.05, 0) is 37.0 Å². The molecule has 0 saturated carbocycles. The van der Waals surface area contributed by atoms with Gasteiger partial charge in [-0.1, -0.05) is 12.1 Å². The number of rotatable bonds is 7. The number of methoxy groups -OCH3 is 1. The van der Waals surface area contributed by atoms with Crippen molar-refractivity contribution in [3.8, 4) is 5.75 Å². The molecule has 1 unspecified atom stereocenters. The number of aliphatic imine (C=N–C) groups is 1. The fourth-order valence-corrected chi connectivity index (χ4v) is 3.71. The lowest BCUT2D eigenvalue weighted by atomic mass is 9.87. The number of hydrogen-bond acceptors (Lipinski definition) is 4. The van der Waals surface area contributed by atoms with Gasteiger partial charge >= 0.3 is 0 Å². The van der Waals surface area contributed by atoms with Crippen molar-refractivity contribution in [3.63, 3.8) is 0 Å². The lowest BCUT2D eigenvalue weighted by Crippen LogP contribution is -2.42. The van der Waals surface area contributed by atoms with Gasteiger partial charge < -0.3 is 24.4 Å². The fraction of sp³-hybridized carbons (Fsp3) is 0.650. The van der Waals surface area contributed by atoms with Crippen molar-refractivity contribution in [2.45, 2.75) is 25.9 Å². The summed E-state index contributed by atoms with van der Waals surface area (Å²) >= 11 is 0. The molecule has 7 heteroatoms. The van der Waals surface area contributed by atoms with Crippen molar-refractivity contribution in [1.29, 1.82) is 0 Å². The molecular formula is C20H32IN3O3. The molecule has 0 aromatic heterocycles. The molecule has 2 aliphatic rings. The van der Waals surface area contributed by atoms with Gasteiger partial charge in [0, 0.05) is 45.3 Å². The number of likely N-dealkylation sites (tertiary alicyclic amines) is 1. The summed E-state index contributed by atoms with van der Waals surface area (Å²) in [6.07, 6.45) is 3.34. The maximum atomic E-state index is 5.76. The number of hydrogen-bond donors (Lipinski definition) is 1. The number of benzene rings is 1. The molecule has 1 spiro atoms. The topological polar surface area (TPSA) is 55.3 Å². The molecule has 152 valence electrons. The Labute approximate surface area is 179 Å². The second-order valence-electron chi connectivity index (χ2n) is 7.20. The Balaban J connectivity index is 0.00000261. The van der Waals surface area contributed by atoms with Crippen LogP contribution in [0.3, 0.4) is 0 Å². The molecule has 1 atom stereocenters. The monoisotopic (exact) mass is 489 g/mol. The Morgan fingerprint density at radius 2 is 2.11 bits per heavy atom. The Morgan fingerprint density at radius 3 is 2.78 bits per heavy atom. The van der Waals surface area contributed by atoms with Gasteiger partial charge in [-0.25, -0.2) is 0 Å². The van der Waals surface area contributed by atoms with E-state index < -0.39 is 0 Å². The second-order valence-corrected chi connectivity index (χ2v) is 7.20. The summed E-state index contributed by atoms with van der Waals surface area (Å²) in [7, 11) is 3.54. The van der Waals surface area contributed by atoms with Crippen LogP contribution in [-0.4, -0.2) is 64.5 Å². The molecule has 1 N–H and O–H groups in total. The van der Waals surface area contributed by atoms with Gasteiger partial charge in [0.05, 0.1) is 20.3 Å². The van der Waals surface area contributed by atoms with E-state index in [1.54, 1.807) is 7.11 Å². The molecule has 2 heterocycles. The van der Waals surface area contributed by atoms with Gasteiger partial charge in [0.1, 0.15) is 5.75 Å². The number of nitrogens with one attached hydrogen (secondary N) is 1. The number of ether oxygens (including phenoxy) is 3. The number of halogens is 1. The van der Waals surface area contributed by atoms with E-state index in [1.165, 1.54) is 12.8 Å². The third-order valence-electron chi connectivity index (χ3n) is 5.31. The molecule has 0 radical (unpaired) electrons. The summed E-state index contributed by atoms with van der Waals surface area (Å²) in [6, 6.07) is 7.99. The van der Waals surface area contributed by atoms with Crippen LogP contribution in [0.25, 0.3) is 0 Å². The zero-order chi connectivity index (χ0) is 18.2. The highest BCUT2D eigenvalue weighted by Crippen LogP contribution is 2.38. The molecule has 1 aromatic carbocycles. The first-order valence-electron chi connectivity index (χ1n) is 9.49. The molecule has 27 heavy (non-hydrogen) atoms. The fourth-order valence-electron chi connectivity index (χ4n) is 3.71. The first kappa shape index (κ1) is 22.2. The van der Waals surface area contributed by atoms with Crippen molar-refractivity contribution >= 4 is 29.9 Å². The largest absolute Gasteiger partial charge is 0.497 e. The van der Waals surface area contributed by atoms with Gasteiger partial charge in [0.15, 0.2) is 5.96 Å². The quantitative estimate of drug-likeness (QED) is 0.276. The third-order valence-corrected chi connectivity index (χ3v) is 5.31. The minimum Gasteiger partial charge on any atom is -0.497 e. The Hall–Kier alpha value is -1.06. The highest BCUT2D eigenvalue weighted by atomic mass is 127. The molecule has 3 rings (SSSR count). The molecule has 2 fully saturated rings. The van der Waals surface area contributed by atoms with E-state index >= 15 is 0 Å². The number of nitrogens with zero attached hydrogens (tertiary/aromatic N) is 2. The minimum absolute atomic E-state index is 0. The van der Waals surface area contributed by atoms with Gasteiger partial charge in [-0.2, -0.15) is 0 Å². The molecule has 2 aliphatic heterocycles. The van der Waals surface area contributed by atoms with Gasteiger partial charge in [-0.3, -0.25) is 4.99 Å². The molecule has 6 nitrogen and oxygen atoms in total. The summed E-state index contributed by atoms with van der Waals surface area (Å²) < 4.78 is 16.5. The van der Waals surface area contributed by atoms with Crippen molar-refractivity contribution in [2.75, 3.05) is 53.6 Å². The zero-order valence-electron chi connectivity index (χ0n) is 16.4. The molecule has 0 amide bonds. The Kier molecular flexibility index (Phi) is 9.11. The first-order chi connectivity index (χ1) is 12.7. The predicted octanol–water partition coefficient (Wildman–Crippen LogP) is 2.91. The van der Waals surface area contributed by atoms with E-state index in [0.29, 0.717) is 12.0 Å². The smallest absolute Gasteiger partial charge is 0.193 e. The summed E-state index contributed by atoms with van der Waals surface area (Å²) in [5.74, 6) is 1.88. The average molecular weight is 489 g/mol. The summed E-state index contributed by atoms with van der Waals surface area (Å²) in [5, 5.41) is 3.47. The van der Waals surface area contributed by atoms with E-state index in [0.717, 1.165) is 63.1 Å². The highest BCUT2D eigenvalue weighted by Gasteiger charge is 2.42. The Bertz CT molecular complexity index is 589. The summed E-state index contributed by atoms with van der Waals surface area (Å²) in [4.78, 5) is 6.81. The van der Waals surface area contributed by atoms with Crippen molar-refractivity contribution < 1.29 is 14.2 Å². The van der Waals surface area contributed by atoms with E-state index in [1.807, 2.05) is 31.3 Å². The van der Waals surface area contributed by atoms with Crippen molar-refractivity contribution in [3.05, 3.63) is 29.8 Å². The SMILES string of the molecule is CN=C(NCCCOCc1ccc(OC)cc1)N1CCC2(CCOC2)C1.I. The van der Waals surface area contributed by atoms with Crippen LogP contribution in [0.2, 0.25) is 0 Å². The van der Waals surface area contributed by atoms with E-state index in [4.69, 9.17) is 14.2 Å². The van der Waals surface area contributed by atoms with Crippen LogP contribution in [0.15, 0.2) is 29.3 Å². The lowest BCUT2D eigenvalue weighted by molar-refractivity contribution is 0.119. The molecule has 2 saturated heterocycles.